The summed E-state index contributed by atoms with van der Waals surface area (Å²) in [7, 11) is 0. The molecule has 10 nitrogen and oxygen atoms in total. The van der Waals surface area contributed by atoms with Crippen molar-refractivity contribution in [1.29, 1.82) is 0 Å². The van der Waals surface area contributed by atoms with Crippen molar-refractivity contribution < 1.29 is 50.0 Å². The van der Waals surface area contributed by atoms with E-state index in [0.717, 1.165) is 0 Å². The van der Waals surface area contributed by atoms with Gasteiger partial charge >= 0.3 is 0 Å². The Hall–Kier alpha value is -0.0500. The maximum atomic E-state index is 9.98. The van der Waals surface area contributed by atoms with E-state index in [2.05, 4.69) is 12.6 Å². The molecule has 2 heterocycles. The quantitative estimate of drug-likeness (QED) is 0.229. The summed E-state index contributed by atoms with van der Waals surface area (Å²) in [6.07, 6.45) is -14.6. The molecule has 0 saturated carbocycles. The third-order valence-electron chi connectivity index (χ3n) is 3.98. The Labute approximate surface area is 137 Å². The molecule has 0 radical (unpaired) electrons. The molecule has 0 aromatic heterocycles. The van der Waals surface area contributed by atoms with E-state index in [1.54, 1.807) is 0 Å². The Bertz CT molecular complexity index is 383. The lowest BCUT2D eigenvalue weighted by molar-refractivity contribution is -0.351. The second-order valence-corrected chi connectivity index (χ2v) is 5.89. The minimum Gasteiger partial charge on any atom is -0.394 e. The first-order chi connectivity index (χ1) is 10.8. The highest BCUT2D eigenvalue weighted by Crippen LogP contribution is 2.28. The van der Waals surface area contributed by atoms with Crippen LogP contribution in [0.4, 0.5) is 0 Å². The van der Waals surface area contributed by atoms with E-state index in [1.165, 1.54) is 0 Å². The Balaban J connectivity index is 2.11. The Morgan fingerprint density at radius 2 is 1.43 bits per heavy atom. The van der Waals surface area contributed by atoms with Crippen LogP contribution in [-0.2, 0) is 14.2 Å². The summed E-state index contributed by atoms with van der Waals surface area (Å²) >= 11 is 3.96. The second-order valence-electron chi connectivity index (χ2n) is 5.53. The molecule has 6 unspecified atom stereocenters. The zero-order valence-electron chi connectivity index (χ0n) is 12.0. The minimum atomic E-state index is -1.71. The fourth-order valence-electron chi connectivity index (χ4n) is 2.57. The first-order valence-corrected chi connectivity index (χ1v) is 7.71. The Morgan fingerprint density at radius 1 is 0.783 bits per heavy atom. The van der Waals surface area contributed by atoms with Crippen molar-refractivity contribution in [3.05, 3.63) is 0 Å². The van der Waals surface area contributed by atoms with Gasteiger partial charge in [-0.25, -0.2) is 0 Å². The van der Waals surface area contributed by atoms with Crippen molar-refractivity contribution in [2.24, 2.45) is 0 Å². The van der Waals surface area contributed by atoms with Crippen LogP contribution in [0.3, 0.4) is 0 Å². The summed E-state index contributed by atoms with van der Waals surface area (Å²) in [6, 6.07) is 0. The molecule has 2 saturated heterocycles. The summed E-state index contributed by atoms with van der Waals surface area (Å²) in [5, 5.41) is 67.7. The van der Waals surface area contributed by atoms with E-state index in [-0.39, 0.29) is 5.75 Å². The molecular weight excluding hydrogens is 336 g/mol. The first-order valence-electron chi connectivity index (χ1n) is 7.08. The van der Waals surface area contributed by atoms with Crippen molar-refractivity contribution in [2.45, 2.75) is 61.4 Å². The zero-order chi connectivity index (χ0) is 17.3. The maximum absolute atomic E-state index is 9.98. The number of thiol groups is 1. The number of rotatable bonds is 4. The van der Waals surface area contributed by atoms with Crippen LogP contribution in [-0.4, -0.2) is 110 Å². The van der Waals surface area contributed by atoms with Crippen molar-refractivity contribution in [3.63, 3.8) is 0 Å². The van der Waals surface area contributed by atoms with E-state index in [4.69, 9.17) is 14.2 Å². The van der Waals surface area contributed by atoms with Crippen LogP contribution in [0, 0.1) is 0 Å². The van der Waals surface area contributed by atoms with Gasteiger partial charge in [-0.2, -0.15) is 12.6 Å². The average Bonchev–Trinajstić information content (AvgIpc) is 2.55. The topological polar surface area (TPSA) is 169 Å². The molecule has 0 spiro atoms. The van der Waals surface area contributed by atoms with Crippen molar-refractivity contribution >= 4 is 12.6 Å². The van der Waals surface area contributed by atoms with Crippen LogP contribution in [0.2, 0.25) is 0 Å². The number of hydrogen-bond donors (Lipinski definition) is 8. The van der Waals surface area contributed by atoms with Crippen LogP contribution in [0.15, 0.2) is 0 Å². The lowest BCUT2D eigenvalue weighted by Crippen LogP contribution is -2.64. The van der Waals surface area contributed by atoms with Crippen LogP contribution < -0.4 is 0 Å². The SMILES string of the molecule is OCC1OC(O)[C@@H](O)C(O)[C@@H]1O[C@@H]1OC(CS)[C@H](O)C(O)C1O. The fraction of sp³-hybridized carbons (Fsp3) is 1.00. The Morgan fingerprint density at radius 3 is 2.00 bits per heavy atom. The summed E-state index contributed by atoms with van der Waals surface area (Å²) in [5.74, 6) is 0.0271. The highest BCUT2D eigenvalue weighted by Gasteiger charge is 2.49. The van der Waals surface area contributed by atoms with Gasteiger partial charge in [-0.15, -0.1) is 0 Å². The van der Waals surface area contributed by atoms with Gasteiger partial charge in [-0.1, -0.05) is 0 Å². The molecule has 7 N–H and O–H groups in total. The second kappa shape index (κ2) is 7.89. The molecule has 0 aromatic rings. The van der Waals surface area contributed by atoms with Gasteiger partial charge in [0.25, 0.3) is 0 Å². The molecule has 23 heavy (non-hydrogen) atoms. The smallest absolute Gasteiger partial charge is 0.187 e. The molecule has 0 aromatic carbocycles. The van der Waals surface area contributed by atoms with E-state index in [1.807, 2.05) is 0 Å². The van der Waals surface area contributed by atoms with E-state index < -0.39 is 68.0 Å². The zero-order valence-corrected chi connectivity index (χ0v) is 12.9. The van der Waals surface area contributed by atoms with Gasteiger partial charge in [0.05, 0.1) is 12.7 Å². The predicted molar refractivity (Wildman–Crippen MR) is 75.4 cm³/mol. The normalized spacial score (nSPS) is 51.7. The highest BCUT2D eigenvalue weighted by atomic mass is 32.1. The van der Waals surface area contributed by atoms with Crippen molar-refractivity contribution in [3.8, 4) is 0 Å². The van der Waals surface area contributed by atoms with Gasteiger partial charge in [0.1, 0.15) is 42.7 Å². The summed E-state index contributed by atoms with van der Waals surface area (Å²) in [5.41, 5.74) is 0. The minimum absolute atomic E-state index is 0.0271. The van der Waals surface area contributed by atoms with Crippen molar-refractivity contribution in [2.75, 3.05) is 12.4 Å². The highest BCUT2D eigenvalue weighted by molar-refractivity contribution is 7.80. The monoisotopic (exact) mass is 358 g/mol. The van der Waals surface area contributed by atoms with Gasteiger partial charge in [-0.05, 0) is 0 Å². The largest absolute Gasteiger partial charge is 0.394 e. The molecule has 11 heteroatoms. The average molecular weight is 358 g/mol. The third-order valence-corrected chi connectivity index (χ3v) is 4.34. The molecule has 2 aliphatic rings. The molecule has 0 amide bonds. The van der Waals surface area contributed by atoms with E-state index in [0.29, 0.717) is 0 Å². The molecule has 2 rings (SSSR count). The van der Waals surface area contributed by atoms with Crippen LogP contribution in [0.1, 0.15) is 0 Å². The molecule has 136 valence electrons. The lowest BCUT2D eigenvalue weighted by atomic mass is 9.97. The third kappa shape index (κ3) is 3.80. The molecule has 0 bridgehead atoms. The summed E-state index contributed by atoms with van der Waals surface area (Å²) < 4.78 is 15.5. The van der Waals surface area contributed by atoms with E-state index >= 15 is 0 Å². The van der Waals surface area contributed by atoms with Gasteiger partial charge in [0.15, 0.2) is 12.6 Å². The van der Waals surface area contributed by atoms with E-state index in [9.17, 15) is 35.7 Å². The summed E-state index contributed by atoms with van der Waals surface area (Å²) in [6.45, 7) is -0.643. The predicted octanol–water partition coefficient (Wildman–Crippen LogP) is -4.46. The van der Waals surface area contributed by atoms with Gasteiger partial charge in [-0.3, -0.25) is 0 Å². The molecule has 10 atom stereocenters. The number of aliphatic hydroxyl groups is 7. The van der Waals surface area contributed by atoms with Crippen molar-refractivity contribution in [1.82, 2.24) is 0 Å². The number of ether oxygens (including phenoxy) is 3. The molecule has 0 aliphatic carbocycles. The molecule has 2 fully saturated rings. The van der Waals surface area contributed by atoms with Crippen LogP contribution in [0.25, 0.3) is 0 Å². The number of hydrogen-bond acceptors (Lipinski definition) is 11. The molecule has 2 aliphatic heterocycles. The first kappa shape index (κ1) is 19.3. The number of aliphatic hydroxyl groups excluding tert-OH is 7. The maximum Gasteiger partial charge on any atom is 0.187 e. The van der Waals surface area contributed by atoms with Gasteiger partial charge < -0.3 is 50.0 Å². The molecular formula is C12H22O10S. The van der Waals surface area contributed by atoms with Crippen LogP contribution in [0.5, 0.6) is 0 Å². The van der Waals surface area contributed by atoms with Gasteiger partial charge in [0, 0.05) is 5.75 Å². The standard InChI is InChI=1S/C12H22O10S/c13-1-3-10(7(16)8(17)11(19)20-3)22-12-9(18)6(15)5(14)4(2-23)21-12/h3-19,23H,1-2H2/t3?,4?,5-,6?,7?,8-,9?,10+,11?,12-/m0/s1. The summed E-state index contributed by atoms with van der Waals surface area (Å²) in [4.78, 5) is 0. The fourth-order valence-corrected chi connectivity index (χ4v) is 2.87. The van der Waals surface area contributed by atoms with Gasteiger partial charge in [0.2, 0.25) is 0 Å². The lowest BCUT2D eigenvalue weighted by Gasteiger charge is -2.45. The van der Waals surface area contributed by atoms with Crippen LogP contribution >= 0.6 is 12.6 Å². The Kier molecular flexibility index (Phi) is 6.61.